The molecular weight excluding hydrogens is 323 g/mol. The lowest BCUT2D eigenvalue weighted by molar-refractivity contribution is -0.137. The number of anilines is 1. The summed E-state index contributed by atoms with van der Waals surface area (Å²) < 4.78 is 40.6. The van der Waals surface area contributed by atoms with E-state index in [4.69, 9.17) is 0 Å². The zero-order valence-electron chi connectivity index (χ0n) is 13.2. The van der Waals surface area contributed by atoms with E-state index < -0.39 is 11.7 Å². The van der Waals surface area contributed by atoms with Crippen molar-refractivity contribution in [1.29, 1.82) is 0 Å². The number of nitrogens with one attached hydrogen (secondary N) is 2. The number of rotatable bonds is 2. The molecule has 0 bridgehead atoms. The summed E-state index contributed by atoms with van der Waals surface area (Å²) in [4.78, 5) is 18.9. The van der Waals surface area contributed by atoms with Crippen LogP contribution in [0, 0.1) is 0 Å². The summed E-state index contributed by atoms with van der Waals surface area (Å²) >= 11 is 0. The number of benzene rings is 1. The third-order valence-electron chi connectivity index (χ3n) is 4.12. The molecule has 1 fully saturated rings. The Morgan fingerprint density at radius 2 is 1.83 bits per heavy atom. The topological polar surface area (TPSA) is 60.0 Å². The van der Waals surface area contributed by atoms with Gasteiger partial charge in [-0.25, -0.2) is 0 Å². The number of piperazine rings is 1. The summed E-state index contributed by atoms with van der Waals surface area (Å²) in [6.07, 6.45) is -4.47. The summed E-state index contributed by atoms with van der Waals surface area (Å²) in [6, 6.07) is 4.15. The second-order valence-electron chi connectivity index (χ2n) is 5.86. The third kappa shape index (κ3) is 3.45. The van der Waals surface area contributed by atoms with Crippen LogP contribution >= 0.6 is 0 Å². The molecule has 9 heteroatoms. The van der Waals surface area contributed by atoms with Crippen LogP contribution in [0.15, 0.2) is 23.2 Å². The van der Waals surface area contributed by atoms with Crippen LogP contribution in [0.1, 0.15) is 11.1 Å². The van der Waals surface area contributed by atoms with E-state index in [1.165, 1.54) is 6.07 Å². The molecule has 2 aliphatic heterocycles. The van der Waals surface area contributed by atoms with E-state index in [1.807, 2.05) is 7.05 Å². The molecule has 1 amide bonds. The highest BCUT2D eigenvalue weighted by Crippen LogP contribution is 2.37. The smallest absolute Gasteiger partial charge is 0.368 e. The first kappa shape index (κ1) is 16.6. The van der Waals surface area contributed by atoms with Crippen molar-refractivity contribution in [3.63, 3.8) is 0 Å². The number of hydrogen-bond acceptors (Lipinski definition) is 5. The van der Waals surface area contributed by atoms with Gasteiger partial charge in [0.05, 0.1) is 5.56 Å². The quantitative estimate of drug-likeness (QED) is 0.837. The molecule has 3 rings (SSSR count). The summed E-state index contributed by atoms with van der Waals surface area (Å²) in [6.45, 7) is 2.44. The van der Waals surface area contributed by atoms with Gasteiger partial charge in [-0.1, -0.05) is 0 Å². The minimum atomic E-state index is -4.47. The number of amides is 1. The molecule has 0 radical (unpaired) electrons. The molecule has 0 spiro atoms. The van der Waals surface area contributed by atoms with Crippen LogP contribution in [0.3, 0.4) is 0 Å². The van der Waals surface area contributed by atoms with Crippen LogP contribution in [0.2, 0.25) is 0 Å². The Morgan fingerprint density at radius 1 is 1.12 bits per heavy atom. The highest BCUT2D eigenvalue weighted by atomic mass is 19.4. The molecule has 1 aromatic rings. The number of carbonyl (C=O) groups excluding carboxylic acids is 1. The maximum atomic E-state index is 13.5. The minimum Gasteiger partial charge on any atom is -0.368 e. The van der Waals surface area contributed by atoms with E-state index in [9.17, 15) is 18.0 Å². The van der Waals surface area contributed by atoms with Gasteiger partial charge in [-0.2, -0.15) is 13.2 Å². The number of hydrazine groups is 1. The molecule has 2 N–H and O–H groups in total. The highest BCUT2D eigenvalue weighted by molar-refractivity contribution is 6.03. The maximum Gasteiger partial charge on any atom is 0.418 e. The zero-order valence-corrected chi connectivity index (χ0v) is 13.2. The van der Waals surface area contributed by atoms with Gasteiger partial charge in [-0.3, -0.25) is 20.6 Å². The van der Waals surface area contributed by atoms with Gasteiger partial charge in [0.1, 0.15) is 12.4 Å². The zero-order chi connectivity index (χ0) is 17.3. The van der Waals surface area contributed by atoms with Crippen LogP contribution in [-0.2, 0) is 11.0 Å². The Balaban J connectivity index is 1.94. The average Bonchev–Trinajstić information content (AvgIpc) is 2.55. The number of hydrogen-bond donors (Lipinski definition) is 2. The van der Waals surface area contributed by atoms with Crippen LogP contribution in [0.4, 0.5) is 18.9 Å². The summed E-state index contributed by atoms with van der Waals surface area (Å²) in [5.41, 5.74) is 4.67. The van der Waals surface area contributed by atoms with E-state index >= 15 is 0 Å². The molecule has 0 unspecified atom stereocenters. The third-order valence-corrected chi connectivity index (χ3v) is 4.12. The fourth-order valence-electron chi connectivity index (χ4n) is 2.76. The molecule has 1 saturated heterocycles. The van der Waals surface area contributed by atoms with E-state index in [-0.39, 0.29) is 24.0 Å². The predicted molar refractivity (Wildman–Crippen MR) is 83.8 cm³/mol. The summed E-state index contributed by atoms with van der Waals surface area (Å²) in [5, 5.41) is 0. The SMILES string of the molecule is CN1CCN(c2ccc(C3=NCC(=O)NN3)cc2C(F)(F)F)CC1. The first-order chi connectivity index (χ1) is 11.3. The number of nitrogens with zero attached hydrogens (tertiary/aromatic N) is 3. The second kappa shape index (κ2) is 6.31. The molecule has 2 heterocycles. The van der Waals surface area contributed by atoms with Gasteiger partial charge in [0.25, 0.3) is 5.91 Å². The van der Waals surface area contributed by atoms with E-state index in [0.717, 1.165) is 19.2 Å². The number of alkyl halides is 3. The monoisotopic (exact) mass is 341 g/mol. The number of halogens is 3. The summed E-state index contributed by atoms with van der Waals surface area (Å²) in [5.74, 6) is -0.103. The van der Waals surface area contributed by atoms with Crippen LogP contribution in [0.5, 0.6) is 0 Å². The van der Waals surface area contributed by atoms with Crippen molar-refractivity contribution >= 4 is 17.4 Å². The number of amidine groups is 1. The molecule has 130 valence electrons. The Morgan fingerprint density at radius 3 is 2.42 bits per heavy atom. The van der Waals surface area contributed by atoms with Crippen LogP contribution in [0.25, 0.3) is 0 Å². The molecule has 24 heavy (non-hydrogen) atoms. The Bertz CT molecular complexity index is 666. The van der Waals surface area contributed by atoms with E-state index in [2.05, 4.69) is 20.7 Å². The van der Waals surface area contributed by atoms with Gasteiger partial charge in [0, 0.05) is 37.4 Å². The Kier molecular flexibility index (Phi) is 4.35. The molecule has 0 aliphatic carbocycles. The number of aliphatic imine (C=N–C) groups is 1. The predicted octanol–water partition coefficient (Wildman–Crippen LogP) is 0.838. The molecule has 0 saturated carbocycles. The molecule has 0 aromatic heterocycles. The van der Waals surface area contributed by atoms with Gasteiger partial charge < -0.3 is 9.80 Å². The van der Waals surface area contributed by atoms with Gasteiger partial charge in [-0.15, -0.1) is 0 Å². The molecular formula is C15H18F3N5O. The molecule has 1 aromatic carbocycles. The van der Waals surface area contributed by atoms with Crippen molar-refractivity contribution in [3.05, 3.63) is 29.3 Å². The highest BCUT2D eigenvalue weighted by Gasteiger charge is 2.36. The lowest BCUT2D eigenvalue weighted by Crippen LogP contribution is -2.47. The maximum absolute atomic E-state index is 13.5. The average molecular weight is 341 g/mol. The lowest BCUT2D eigenvalue weighted by Gasteiger charge is -2.35. The fourth-order valence-corrected chi connectivity index (χ4v) is 2.76. The number of likely N-dealkylation sites (N-methyl/N-ethyl adjacent to an activating group) is 1. The van der Waals surface area contributed by atoms with Crippen molar-refractivity contribution in [2.24, 2.45) is 4.99 Å². The van der Waals surface area contributed by atoms with Crippen molar-refractivity contribution in [1.82, 2.24) is 15.8 Å². The Hall–Kier alpha value is -2.29. The van der Waals surface area contributed by atoms with Gasteiger partial charge in [0.15, 0.2) is 0 Å². The number of carbonyl (C=O) groups is 1. The first-order valence-corrected chi connectivity index (χ1v) is 7.59. The van der Waals surface area contributed by atoms with E-state index in [1.54, 1.807) is 11.0 Å². The van der Waals surface area contributed by atoms with Crippen molar-refractivity contribution in [2.75, 3.05) is 44.7 Å². The minimum absolute atomic E-state index is 0.107. The molecule has 6 nitrogen and oxygen atoms in total. The molecule has 0 atom stereocenters. The van der Waals surface area contributed by atoms with Crippen molar-refractivity contribution in [3.8, 4) is 0 Å². The van der Waals surface area contributed by atoms with Gasteiger partial charge >= 0.3 is 6.18 Å². The first-order valence-electron chi connectivity index (χ1n) is 7.59. The molecule has 2 aliphatic rings. The Labute approximate surface area is 137 Å². The second-order valence-corrected chi connectivity index (χ2v) is 5.86. The fraction of sp³-hybridized carbons (Fsp3) is 0.467. The van der Waals surface area contributed by atoms with Gasteiger partial charge in [0.2, 0.25) is 0 Å². The summed E-state index contributed by atoms with van der Waals surface area (Å²) in [7, 11) is 1.95. The normalized spacial score (nSPS) is 19.6. The van der Waals surface area contributed by atoms with Gasteiger partial charge in [-0.05, 0) is 25.2 Å². The lowest BCUT2D eigenvalue weighted by atomic mass is 10.1. The van der Waals surface area contributed by atoms with Crippen LogP contribution in [-0.4, -0.2) is 56.4 Å². The van der Waals surface area contributed by atoms with Crippen molar-refractivity contribution < 1.29 is 18.0 Å². The van der Waals surface area contributed by atoms with E-state index in [0.29, 0.717) is 18.7 Å². The van der Waals surface area contributed by atoms with Crippen molar-refractivity contribution in [2.45, 2.75) is 6.18 Å². The van der Waals surface area contributed by atoms with Crippen LogP contribution < -0.4 is 15.8 Å². The standard InChI is InChI=1S/C15H18F3N5O/c1-22-4-6-23(7-5-22)12-3-2-10(8-11(12)15(16,17)18)14-19-9-13(24)20-21-14/h2-3,8H,4-7,9H2,1H3,(H,19,21)(H,20,24). The largest absolute Gasteiger partial charge is 0.418 e.